The van der Waals surface area contributed by atoms with E-state index >= 15 is 0 Å². The van der Waals surface area contributed by atoms with E-state index in [4.69, 9.17) is 14.2 Å². The van der Waals surface area contributed by atoms with E-state index in [1.807, 2.05) is 54.0 Å². The molecule has 0 saturated heterocycles. The van der Waals surface area contributed by atoms with Crippen LogP contribution in [0.25, 0.3) is 5.69 Å². The second-order valence-electron chi connectivity index (χ2n) is 6.38. The maximum absolute atomic E-state index is 12.4. The Morgan fingerprint density at radius 1 is 1.28 bits per heavy atom. The van der Waals surface area contributed by atoms with Crippen LogP contribution in [0.5, 0.6) is 17.2 Å². The zero-order valence-electron chi connectivity index (χ0n) is 16.0. The van der Waals surface area contributed by atoms with E-state index in [9.17, 15) is 4.79 Å². The summed E-state index contributed by atoms with van der Waals surface area (Å²) in [6, 6.07) is 13.1. The summed E-state index contributed by atoms with van der Waals surface area (Å²) in [6.45, 7) is 2.16. The van der Waals surface area contributed by atoms with Gasteiger partial charge in [-0.1, -0.05) is 23.9 Å². The first-order valence-electron chi connectivity index (χ1n) is 9.00. The Kier molecular flexibility index (Phi) is 5.57. The molecule has 4 rings (SSSR count). The molecule has 2 aromatic carbocycles. The molecule has 8 nitrogen and oxygen atoms in total. The van der Waals surface area contributed by atoms with E-state index in [1.54, 1.807) is 13.4 Å². The molecule has 0 fully saturated rings. The largest absolute Gasteiger partial charge is 0.497 e. The molecule has 1 N–H and O–H groups in total. The summed E-state index contributed by atoms with van der Waals surface area (Å²) in [6.07, 6.45) is 1.62. The summed E-state index contributed by atoms with van der Waals surface area (Å²) < 4.78 is 17.8. The first-order valence-corrected chi connectivity index (χ1v) is 9.99. The van der Waals surface area contributed by atoms with Gasteiger partial charge in [0.2, 0.25) is 12.7 Å². The van der Waals surface area contributed by atoms with Crippen LogP contribution in [0.15, 0.2) is 53.9 Å². The van der Waals surface area contributed by atoms with E-state index in [-0.39, 0.29) is 24.5 Å². The van der Waals surface area contributed by atoms with Crippen LogP contribution in [0.1, 0.15) is 18.5 Å². The van der Waals surface area contributed by atoms with Gasteiger partial charge in [-0.2, -0.15) is 0 Å². The third-order valence-electron chi connectivity index (χ3n) is 4.45. The summed E-state index contributed by atoms with van der Waals surface area (Å²) >= 11 is 1.32. The monoisotopic (exact) mass is 412 g/mol. The van der Waals surface area contributed by atoms with Gasteiger partial charge in [-0.05, 0) is 36.8 Å². The highest BCUT2D eigenvalue weighted by atomic mass is 32.2. The molecule has 1 aromatic heterocycles. The molecule has 1 atom stereocenters. The Hall–Kier alpha value is -3.20. The van der Waals surface area contributed by atoms with Gasteiger partial charge < -0.3 is 19.5 Å². The van der Waals surface area contributed by atoms with Crippen LogP contribution in [0.3, 0.4) is 0 Å². The molecule has 1 amide bonds. The molecule has 9 heteroatoms. The van der Waals surface area contributed by atoms with Gasteiger partial charge in [0.05, 0.1) is 24.6 Å². The summed E-state index contributed by atoms with van der Waals surface area (Å²) in [5.74, 6) is 2.28. The van der Waals surface area contributed by atoms with Crippen LogP contribution in [-0.4, -0.2) is 40.3 Å². The quantitative estimate of drug-likeness (QED) is 0.597. The standard InChI is InChI=1S/C20H20N4O4S/c1-13(14-6-7-17-18(8-14)28-12-27-17)22-19(25)10-29-20-23-21-11-24(20)15-4-3-5-16(9-15)26-2/h3-9,11,13H,10,12H2,1-2H3,(H,22,25)/t13-/m0/s1. The van der Waals surface area contributed by atoms with E-state index in [0.717, 1.165) is 22.7 Å². The number of hydrogen-bond donors (Lipinski definition) is 1. The van der Waals surface area contributed by atoms with Gasteiger partial charge in [0.1, 0.15) is 12.1 Å². The number of methoxy groups -OCH3 is 1. The number of nitrogens with one attached hydrogen (secondary N) is 1. The SMILES string of the molecule is COc1cccc(-n2cnnc2SCC(=O)N[C@@H](C)c2ccc3c(c2)OCO3)c1. The van der Waals surface area contributed by atoms with E-state index < -0.39 is 0 Å². The number of carbonyl (C=O) groups is 1. The molecule has 0 unspecified atom stereocenters. The number of amides is 1. The fourth-order valence-electron chi connectivity index (χ4n) is 2.94. The van der Waals surface area contributed by atoms with E-state index in [1.165, 1.54) is 11.8 Å². The smallest absolute Gasteiger partial charge is 0.231 e. The minimum Gasteiger partial charge on any atom is -0.497 e. The van der Waals surface area contributed by atoms with Crippen molar-refractivity contribution in [3.05, 3.63) is 54.4 Å². The van der Waals surface area contributed by atoms with E-state index in [0.29, 0.717) is 10.9 Å². The predicted molar refractivity (Wildman–Crippen MR) is 108 cm³/mol. The third kappa shape index (κ3) is 4.29. The number of hydrogen-bond acceptors (Lipinski definition) is 7. The predicted octanol–water partition coefficient (Wildman–Crippen LogP) is 2.97. The number of ether oxygens (including phenoxy) is 3. The minimum atomic E-state index is -0.158. The number of fused-ring (bicyclic) bond motifs is 1. The minimum absolute atomic E-state index is 0.0969. The summed E-state index contributed by atoms with van der Waals surface area (Å²) in [4.78, 5) is 12.4. The first-order chi connectivity index (χ1) is 14.1. The molecular formula is C20H20N4O4S. The Labute approximate surface area is 172 Å². The highest BCUT2D eigenvalue weighted by Crippen LogP contribution is 2.34. The normalized spacial score (nSPS) is 13.2. The molecule has 150 valence electrons. The van der Waals surface area contributed by atoms with Crippen LogP contribution in [-0.2, 0) is 4.79 Å². The molecule has 3 aromatic rings. The Balaban J connectivity index is 1.37. The Bertz CT molecular complexity index is 1020. The van der Waals surface area contributed by atoms with Crippen LogP contribution >= 0.6 is 11.8 Å². The fourth-order valence-corrected chi connectivity index (χ4v) is 3.68. The number of rotatable bonds is 7. The van der Waals surface area contributed by atoms with Crippen molar-refractivity contribution in [2.75, 3.05) is 19.7 Å². The molecule has 1 aliphatic rings. The second kappa shape index (κ2) is 8.44. The average molecular weight is 412 g/mol. The van der Waals surface area contributed by atoms with Gasteiger partial charge in [0.15, 0.2) is 16.7 Å². The van der Waals surface area contributed by atoms with Crippen LogP contribution in [0.4, 0.5) is 0 Å². The molecule has 0 radical (unpaired) electrons. The number of nitrogens with zero attached hydrogens (tertiary/aromatic N) is 3. The molecule has 0 bridgehead atoms. The number of carbonyl (C=O) groups excluding carboxylic acids is 1. The van der Waals surface area contributed by atoms with Crippen LogP contribution < -0.4 is 19.5 Å². The number of thioether (sulfide) groups is 1. The van der Waals surface area contributed by atoms with Gasteiger partial charge in [-0.25, -0.2) is 0 Å². The van der Waals surface area contributed by atoms with Gasteiger partial charge >= 0.3 is 0 Å². The maximum atomic E-state index is 12.4. The lowest BCUT2D eigenvalue weighted by Gasteiger charge is -2.15. The first kappa shape index (κ1) is 19.1. The summed E-state index contributed by atoms with van der Waals surface area (Å²) in [5.41, 5.74) is 1.82. The van der Waals surface area contributed by atoms with Crippen LogP contribution in [0, 0.1) is 0 Å². The van der Waals surface area contributed by atoms with Crippen molar-refractivity contribution in [2.24, 2.45) is 0 Å². The zero-order chi connectivity index (χ0) is 20.2. The molecule has 1 aliphatic heterocycles. The Morgan fingerprint density at radius 2 is 2.14 bits per heavy atom. The van der Waals surface area contributed by atoms with Crippen LogP contribution in [0.2, 0.25) is 0 Å². The topological polar surface area (TPSA) is 87.5 Å². The number of aromatic nitrogens is 3. The summed E-state index contributed by atoms with van der Waals surface area (Å²) in [5, 5.41) is 11.7. The number of benzene rings is 2. The van der Waals surface area contributed by atoms with Gasteiger partial charge in [0.25, 0.3) is 0 Å². The molecule has 0 aliphatic carbocycles. The Morgan fingerprint density at radius 3 is 3.00 bits per heavy atom. The van der Waals surface area contributed by atoms with Crippen molar-refractivity contribution in [3.8, 4) is 22.9 Å². The van der Waals surface area contributed by atoms with Crippen molar-refractivity contribution >= 4 is 17.7 Å². The molecule has 0 saturated carbocycles. The highest BCUT2D eigenvalue weighted by Gasteiger charge is 2.17. The highest BCUT2D eigenvalue weighted by molar-refractivity contribution is 7.99. The van der Waals surface area contributed by atoms with Crippen molar-refractivity contribution in [1.29, 1.82) is 0 Å². The average Bonchev–Trinajstić information content (AvgIpc) is 3.40. The van der Waals surface area contributed by atoms with Crippen molar-refractivity contribution in [3.63, 3.8) is 0 Å². The third-order valence-corrected chi connectivity index (χ3v) is 5.40. The van der Waals surface area contributed by atoms with Crippen molar-refractivity contribution < 1.29 is 19.0 Å². The van der Waals surface area contributed by atoms with Crippen molar-refractivity contribution in [2.45, 2.75) is 18.1 Å². The molecular weight excluding hydrogens is 392 g/mol. The molecule has 2 heterocycles. The van der Waals surface area contributed by atoms with Gasteiger partial charge in [0, 0.05) is 6.07 Å². The van der Waals surface area contributed by atoms with Gasteiger partial charge in [-0.15, -0.1) is 10.2 Å². The zero-order valence-corrected chi connectivity index (χ0v) is 16.8. The lowest BCUT2D eigenvalue weighted by molar-refractivity contribution is -0.119. The second-order valence-corrected chi connectivity index (χ2v) is 7.32. The van der Waals surface area contributed by atoms with Crippen molar-refractivity contribution in [1.82, 2.24) is 20.1 Å². The van der Waals surface area contributed by atoms with E-state index in [2.05, 4.69) is 15.5 Å². The molecule has 0 spiro atoms. The lowest BCUT2D eigenvalue weighted by atomic mass is 10.1. The molecule has 29 heavy (non-hydrogen) atoms. The fraction of sp³-hybridized carbons (Fsp3) is 0.250. The maximum Gasteiger partial charge on any atom is 0.231 e. The summed E-state index contributed by atoms with van der Waals surface area (Å²) in [7, 11) is 1.62. The van der Waals surface area contributed by atoms with Gasteiger partial charge in [-0.3, -0.25) is 9.36 Å². The lowest BCUT2D eigenvalue weighted by Crippen LogP contribution is -2.28.